The van der Waals surface area contributed by atoms with E-state index in [4.69, 9.17) is 9.47 Å². The largest absolute Gasteiger partial charge is 0.347 e. The van der Waals surface area contributed by atoms with Crippen molar-refractivity contribution in [3.8, 4) is 0 Å². The summed E-state index contributed by atoms with van der Waals surface area (Å²) in [6.45, 7) is 5.84. The first-order chi connectivity index (χ1) is 6.73. The van der Waals surface area contributed by atoms with Crippen LogP contribution in [0.3, 0.4) is 0 Å². The minimum atomic E-state index is -0.254. The summed E-state index contributed by atoms with van der Waals surface area (Å²) < 4.78 is 11.7. The first kappa shape index (κ1) is 10.2. The third-order valence-corrected chi connectivity index (χ3v) is 3.17. The molecule has 80 valence electrons. The highest BCUT2D eigenvalue weighted by molar-refractivity contribution is 5.04. The van der Waals surface area contributed by atoms with E-state index >= 15 is 0 Å². The van der Waals surface area contributed by atoms with Crippen molar-refractivity contribution in [3.63, 3.8) is 0 Å². The molecule has 2 rings (SSSR count). The number of allylic oxidation sites excluding steroid dienone is 1. The van der Waals surface area contributed by atoms with Crippen LogP contribution in [0.2, 0.25) is 0 Å². The Balaban J connectivity index is 2.14. The molecule has 2 aliphatic rings. The van der Waals surface area contributed by atoms with Crippen LogP contribution >= 0.6 is 0 Å². The Morgan fingerprint density at radius 3 is 2.57 bits per heavy atom. The predicted octanol–water partition coefficient (Wildman–Crippen LogP) is 2.89. The van der Waals surface area contributed by atoms with Crippen molar-refractivity contribution in [3.05, 3.63) is 11.6 Å². The Hall–Kier alpha value is -0.340. The summed E-state index contributed by atoms with van der Waals surface area (Å²) in [5, 5.41) is 0. The normalized spacial score (nSPS) is 30.6. The molecule has 0 amide bonds. The zero-order chi connectivity index (χ0) is 10.0. The maximum Gasteiger partial charge on any atom is 0.174 e. The van der Waals surface area contributed by atoms with E-state index in [9.17, 15) is 0 Å². The van der Waals surface area contributed by atoms with Crippen molar-refractivity contribution in [2.24, 2.45) is 5.92 Å². The van der Waals surface area contributed by atoms with Gasteiger partial charge in [-0.2, -0.15) is 0 Å². The maximum absolute atomic E-state index is 5.83. The highest BCUT2D eigenvalue weighted by Crippen LogP contribution is 2.41. The molecule has 1 heterocycles. The van der Waals surface area contributed by atoms with E-state index in [-0.39, 0.29) is 5.79 Å². The summed E-state index contributed by atoms with van der Waals surface area (Å²) in [5.41, 5.74) is 1.37. The first-order valence-corrected chi connectivity index (χ1v) is 5.66. The average Bonchev–Trinajstić information content (AvgIpc) is 2.58. The molecule has 0 aromatic heterocycles. The molecule has 0 radical (unpaired) electrons. The van der Waals surface area contributed by atoms with Gasteiger partial charge in [0.2, 0.25) is 0 Å². The van der Waals surface area contributed by atoms with Gasteiger partial charge in [0.15, 0.2) is 5.79 Å². The van der Waals surface area contributed by atoms with Crippen molar-refractivity contribution in [2.45, 2.75) is 45.3 Å². The van der Waals surface area contributed by atoms with Crippen LogP contribution in [0.4, 0.5) is 0 Å². The van der Waals surface area contributed by atoms with Crippen molar-refractivity contribution in [2.75, 3.05) is 13.2 Å². The SMILES string of the molecule is CC(C)=CC1CCCCC12OCCO2. The second-order valence-corrected chi connectivity index (χ2v) is 4.61. The van der Waals surface area contributed by atoms with Gasteiger partial charge in [0.25, 0.3) is 0 Å². The summed E-state index contributed by atoms with van der Waals surface area (Å²) >= 11 is 0. The van der Waals surface area contributed by atoms with Gasteiger partial charge in [-0.15, -0.1) is 0 Å². The highest BCUT2D eigenvalue weighted by Gasteiger charge is 2.44. The highest BCUT2D eigenvalue weighted by atomic mass is 16.7. The van der Waals surface area contributed by atoms with Crippen LogP contribution in [0.1, 0.15) is 39.5 Å². The van der Waals surface area contributed by atoms with Crippen molar-refractivity contribution in [1.82, 2.24) is 0 Å². The molecule has 1 saturated carbocycles. The molecular weight excluding hydrogens is 176 g/mol. The Morgan fingerprint density at radius 1 is 1.21 bits per heavy atom. The van der Waals surface area contributed by atoms with E-state index in [1.807, 2.05) is 0 Å². The maximum atomic E-state index is 5.83. The lowest BCUT2D eigenvalue weighted by Gasteiger charge is -2.38. The topological polar surface area (TPSA) is 18.5 Å². The Morgan fingerprint density at radius 2 is 1.93 bits per heavy atom. The quantitative estimate of drug-likeness (QED) is 0.600. The number of rotatable bonds is 1. The summed E-state index contributed by atoms with van der Waals surface area (Å²) in [4.78, 5) is 0. The molecule has 0 N–H and O–H groups in total. The van der Waals surface area contributed by atoms with E-state index < -0.39 is 0 Å². The molecule has 1 aliphatic carbocycles. The van der Waals surface area contributed by atoms with E-state index in [0.717, 1.165) is 19.6 Å². The number of ether oxygens (including phenoxy) is 2. The fourth-order valence-electron chi connectivity index (χ4n) is 2.58. The Bertz CT molecular complexity index is 222. The third kappa shape index (κ3) is 1.86. The van der Waals surface area contributed by atoms with Crippen LogP contribution in [0, 0.1) is 5.92 Å². The fraction of sp³-hybridized carbons (Fsp3) is 0.833. The summed E-state index contributed by atoms with van der Waals surface area (Å²) in [6, 6.07) is 0. The van der Waals surface area contributed by atoms with Gasteiger partial charge in [0.1, 0.15) is 0 Å². The second kappa shape index (κ2) is 4.03. The molecule has 0 bridgehead atoms. The van der Waals surface area contributed by atoms with E-state index in [0.29, 0.717) is 5.92 Å². The molecule has 0 aromatic rings. The third-order valence-electron chi connectivity index (χ3n) is 3.17. The lowest BCUT2D eigenvalue weighted by Crippen LogP contribution is -2.40. The molecule has 2 nitrogen and oxygen atoms in total. The van der Waals surface area contributed by atoms with Crippen molar-refractivity contribution < 1.29 is 9.47 Å². The molecule has 1 spiro atoms. The van der Waals surface area contributed by atoms with Gasteiger partial charge in [-0.05, 0) is 26.7 Å². The predicted molar refractivity (Wildman–Crippen MR) is 56.0 cm³/mol. The molecule has 1 atom stereocenters. The number of hydrogen-bond acceptors (Lipinski definition) is 2. The van der Waals surface area contributed by atoms with Gasteiger partial charge in [-0.1, -0.05) is 18.1 Å². The van der Waals surface area contributed by atoms with Crippen molar-refractivity contribution >= 4 is 0 Å². The molecule has 14 heavy (non-hydrogen) atoms. The van der Waals surface area contributed by atoms with Gasteiger partial charge in [-0.3, -0.25) is 0 Å². The molecule has 2 heteroatoms. The second-order valence-electron chi connectivity index (χ2n) is 4.61. The van der Waals surface area contributed by atoms with Crippen molar-refractivity contribution in [1.29, 1.82) is 0 Å². The molecule has 1 aliphatic heterocycles. The van der Waals surface area contributed by atoms with E-state index in [1.165, 1.54) is 24.8 Å². The fourth-order valence-corrected chi connectivity index (χ4v) is 2.58. The van der Waals surface area contributed by atoms with Gasteiger partial charge in [0, 0.05) is 12.3 Å². The summed E-state index contributed by atoms with van der Waals surface area (Å²) in [7, 11) is 0. The van der Waals surface area contributed by atoms with E-state index in [1.54, 1.807) is 0 Å². The van der Waals surface area contributed by atoms with Crippen LogP contribution in [0.15, 0.2) is 11.6 Å². The average molecular weight is 196 g/mol. The van der Waals surface area contributed by atoms with Crippen LogP contribution in [0.25, 0.3) is 0 Å². The van der Waals surface area contributed by atoms with Crippen LogP contribution in [0.5, 0.6) is 0 Å². The summed E-state index contributed by atoms with van der Waals surface area (Å²) in [6.07, 6.45) is 7.16. The monoisotopic (exact) mass is 196 g/mol. The Kier molecular flexibility index (Phi) is 2.93. The van der Waals surface area contributed by atoms with Gasteiger partial charge in [0.05, 0.1) is 13.2 Å². The molecule has 2 fully saturated rings. The number of hydrogen-bond donors (Lipinski definition) is 0. The van der Waals surface area contributed by atoms with Gasteiger partial charge < -0.3 is 9.47 Å². The van der Waals surface area contributed by atoms with Crippen LogP contribution < -0.4 is 0 Å². The molecule has 1 unspecified atom stereocenters. The van der Waals surface area contributed by atoms with Gasteiger partial charge in [-0.25, -0.2) is 0 Å². The molecule has 0 aromatic carbocycles. The Labute approximate surface area is 86.3 Å². The van der Waals surface area contributed by atoms with Gasteiger partial charge >= 0.3 is 0 Å². The lowest BCUT2D eigenvalue weighted by molar-refractivity contribution is -0.200. The van der Waals surface area contributed by atoms with Crippen LogP contribution in [-0.4, -0.2) is 19.0 Å². The standard InChI is InChI=1S/C12H20O2/c1-10(2)9-11-5-3-4-6-12(11)13-7-8-14-12/h9,11H,3-8H2,1-2H3. The molecular formula is C12H20O2. The molecule has 1 saturated heterocycles. The van der Waals surface area contributed by atoms with E-state index in [2.05, 4.69) is 19.9 Å². The lowest BCUT2D eigenvalue weighted by atomic mass is 9.82. The zero-order valence-corrected chi connectivity index (χ0v) is 9.21. The van der Waals surface area contributed by atoms with Crippen LogP contribution in [-0.2, 0) is 9.47 Å². The smallest absolute Gasteiger partial charge is 0.174 e. The minimum absolute atomic E-state index is 0.254. The first-order valence-electron chi connectivity index (χ1n) is 5.66. The minimum Gasteiger partial charge on any atom is -0.347 e. The zero-order valence-electron chi connectivity index (χ0n) is 9.21. The summed E-state index contributed by atoms with van der Waals surface area (Å²) in [5.74, 6) is 0.221.